The lowest BCUT2D eigenvalue weighted by molar-refractivity contribution is 0.482. The molecule has 3 rings (SSSR count). The highest BCUT2D eigenvalue weighted by atomic mass is 32.2. The highest BCUT2D eigenvalue weighted by Crippen LogP contribution is 2.17. The van der Waals surface area contributed by atoms with E-state index in [9.17, 15) is 8.42 Å². The first-order valence-corrected chi connectivity index (χ1v) is 8.23. The first-order chi connectivity index (χ1) is 10.8. The highest BCUT2D eigenvalue weighted by Gasteiger charge is 2.12. The maximum atomic E-state index is 10.8. The normalized spacial score (nSPS) is 10.5. The van der Waals surface area contributed by atoms with Gasteiger partial charge >= 0.3 is 0 Å². The number of para-hydroxylation sites is 1. The van der Waals surface area contributed by atoms with Gasteiger partial charge in [-0.1, -0.05) is 24.3 Å². The van der Waals surface area contributed by atoms with Gasteiger partial charge in [-0.25, -0.2) is 9.97 Å². The number of nitrogens with two attached hydrogens (primary N) is 1. The van der Waals surface area contributed by atoms with Crippen LogP contribution < -0.4 is 5.73 Å². The number of nitrogens with zero attached hydrogens (tertiary/aromatic N) is 2. The summed E-state index contributed by atoms with van der Waals surface area (Å²) in [5.41, 5.74) is 7.94. The molecule has 0 atom stereocenters. The fourth-order valence-electron chi connectivity index (χ4n) is 2.03. The molecule has 1 heterocycles. The summed E-state index contributed by atoms with van der Waals surface area (Å²) < 4.78 is 30.3. The minimum absolute atomic E-state index is 0. The van der Waals surface area contributed by atoms with E-state index in [0.717, 1.165) is 16.5 Å². The van der Waals surface area contributed by atoms with Crippen molar-refractivity contribution in [2.24, 2.45) is 0 Å². The number of aryl methyl sites for hydroxylation is 1. The average Bonchev–Trinajstić information content (AvgIpc) is 2.50. The van der Waals surface area contributed by atoms with E-state index >= 15 is 0 Å². The third-order valence-corrected chi connectivity index (χ3v) is 4.40. The van der Waals surface area contributed by atoms with Crippen LogP contribution in [0.15, 0.2) is 53.7 Å². The van der Waals surface area contributed by atoms with Crippen LogP contribution >= 0.6 is 0 Å². The molecule has 2 aromatic carbocycles. The zero-order chi connectivity index (χ0) is 17.0. The van der Waals surface area contributed by atoms with Crippen molar-refractivity contribution in [3.05, 3.63) is 59.9 Å². The van der Waals surface area contributed by atoms with Crippen LogP contribution in [0, 0.1) is 13.8 Å². The maximum absolute atomic E-state index is 10.8. The maximum Gasteiger partial charge on any atom is 0.294 e. The zero-order valence-corrected chi connectivity index (χ0v) is 14.1. The van der Waals surface area contributed by atoms with Crippen molar-refractivity contribution < 1.29 is 18.4 Å². The Kier molecular flexibility index (Phi) is 6.35. The van der Waals surface area contributed by atoms with Crippen LogP contribution in [-0.2, 0) is 10.1 Å². The van der Waals surface area contributed by atoms with Crippen LogP contribution in [0.4, 0.5) is 5.82 Å². The van der Waals surface area contributed by atoms with Crippen molar-refractivity contribution in [1.29, 1.82) is 0 Å². The molecule has 0 fully saturated rings. The molecule has 0 aliphatic rings. The summed E-state index contributed by atoms with van der Waals surface area (Å²) in [4.78, 5) is 7.91. The lowest BCUT2D eigenvalue weighted by Gasteiger charge is -2.03. The molecular weight excluding hydrogens is 330 g/mol. The smallest absolute Gasteiger partial charge is 0.294 e. The molecule has 0 bridgehead atoms. The van der Waals surface area contributed by atoms with E-state index in [1.807, 2.05) is 24.3 Å². The number of fused-ring (bicyclic) bond motifs is 1. The molecule has 0 saturated heterocycles. The van der Waals surface area contributed by atoms with E-state index in [4.69, 9.17) is 10.3 Å². The van der Waals surface area contributed by atoms with Crippen molar-refractivity contribution in [3.8, 4) is 0 Å². The van der Waals surface area contributed by atoms with Crippen LogP contribution in [0.5, 0.6) is 0 Å². The van der Waals surface area contributed by atoms with E-state index in [1.54, 1.807) is 26.0 Å². The Morgan fingerprint density at radius 1 is 1.00 bits per heavy atom. The predicted octanol–water partition coefficient (Wildman–Crippen LogP) is 1.94. The molecule has 8 heteroatoms. The molecule has 0 spiro atoms. The lowest BCUT2D eigenvalue weighted by atomic mass is 10.1. The fraction of sp³-hybridized carbons (Fsp3) is 0.125. The standard InChI is InChI=1S/C8H7N3.C8H10O3S.H2O/c9-8-6-3-1-2-4-7(6)10-5-11-8;1-6-4-3-5-8(7(6)2)12(9,10)11;/h1-5H,(H2,9,10,11);3-5H,1-2H3,(H,9,10,11);1H2. The van der Waals surface area contributed by atoms with Gasteiger partial charge in [-0.15, -0.1) is 0 Å². The van der Waals surface area contributed by atoms with Crippen LogP contribution in [0.25, 0.3) is 10.9 Å². The van der Waals surface area contributed by atoms with Gasteiger partial charge < -0.3 is 11.2 Å². The van der Waals surface area contributed by atoms with Gasteiger partial charge in [-0.3, -0.25) is 4.55 Å². The van der Waals surface area contributed by atoms with Crippen LogP contribution in [0.2, 0.25) is 0 Å². The number of aromatic nitrogens is 2. The first kappa shape index (κ1) is 19.5. The molecule has 7 nitrogen and oxygen atoms in total. The van der Waals surface area contributed by atoms with Crippen molar-refractivity contribution in [3.63, 3.8) is 0 Å². The Hall–Kier alpha value is -2.55. The number of hydrogen-bond acceptors (Lipinski definition) is 5. The highest BCUT2D eigenvalue weighted by molar-refractivity contribution is 7.85. The molecule has 0 saturated carbocycles. The van der Waals surface area contributed by atoms with Gasteiger partial charge in [0.05, 0.1) is 10.4 Å². The van der Waals surface area contributed by atoms with Crippen molar-refractivity contribution in [2.45, 2.75) is 18.7 Å². The molecule has 0 amide bonds. The first-order valence-electron chi connectivity index (χ1n) is 6.79. The van der Waals surface area contributed by atoms with Gasteiger partial charge in [-0.05, 0) is 43.2 Å². The molecule has 128 valence electrons. The summed E-state index contributed by atoms with van der Waals surface area (Å²) in [6.07, 6.45) is 1.47. The number of rotatable bonds is 1. The molecular formula is C16H19N3O4S. The topological polar surface area (TPSA) is 138 Å². The molecule has 0 unspecified atom stereocenters. The Morgan fingerprint density at radius 3 is 2.25 bits per heavy atom. The summed E-state index contributed by atoms with van der Waals surface area (Å²) in [6, 6.07) is 12.4. The summed E-state index contributed by atoms with van der Waals surface area (Å²) in [5.74, 6) is 0.538. The third-order valence-electron chi connectivity index (χ3n) is 3.41. The average molecular weight is 349 g/mol. The number of hydrogen-bond donors (Lipinski definition) is 2. The van der Waals surface area contributed by atoms with Crippen LogP contribution in [0.3, 0.4) is 0 Å². The quantitative estimate of drug-likeness (QED) is 0.644. The number of nitrogen functional groups attached to an aromatic ring is 1. The predicted molar refractivity (Wildman–Crippen MR) is 93.3 cm³/mol. The van der Waals surface area contributed by atoms with E-state index < -0.39 is 10.1 Å². The van der Waals surface area contributed by atoms with Gasteiger partial charge in [0, 0.05) is 5.39 Å². The second kappa shape index (κ2) is 7.82. The number of benzene rings is 2. The van der Waals surface area contributed by atoms with Gasteiger partial charge in [0.25, 0.3) is 10.1 Å². The van der Waals surface area contributed by atoms with E-state index in [2.05, 4.69) is 9.97 Å². The monoisotopic (exact) mass is 349 g/mol. The fourth-order valence-corrected chi connectivity index (χ4v) is 2.83. The summed E-state index contributed by atoms with van der Waals surface area (Å²) in [6.45, 7) is 3.46. The number of anilines is 1. The van der Waals surface area contributed by atoms with Gasteiger partial charge in [-0.2, -0.15) is 8.42 Å². The summed E-state index contributed by atoms with van der Waals surface area (Å²) >= 11 is 0. The minimum Gasteiger partial charge on any atom is -0.412 e. The third kappa shape index (κ3) is 4.48. The zero-order valence-electron chi connectivity index (χ0n) is 13.3. The van der Waals surface area contributed by atoms with Gasteiger partial charge in [0.1, 0.15) is 12.1 Å². The second-order valence-corrected chi connectivity index (χ2v) is 6.34. The SMILES string of the molecule is Cc1cccc(S(=O)(=O)O)c1C.Nc1ncnc2ccccc12.O. The molecule has 0 aliphatic carbocycles. The van der Waals surface area contributed by atoms with Gasteiger partial charge in [0.15, 0.2) is 0 Å². The van der Waals surface area contributed by atoms with Crippen LogP contribution in [-0.4, -0.2) is 28.4 Å². The van der Waals surface area contributed by atoms with E-state index in [-0.39, 0.29) is 10.4 Å². The second-order valence-electron chi connectivity index (χ2n) is 4.95. The van der Waals surface area contributed by atoms with Gasteiger partial charge in [0.2, 0.25) is 0 Å². The van der Waals surface area contributed by atoms with Crippen LogP contribution in [0.1, 0.15) is 11.1 Å². The Balaban J connectivity index is 0.000000231. The summed E-state index contributed by atoms with van der Waals surface area (Å²) in [7, 11) is -4.06. The molecule has 0 aliphatic heterocycles. The minimum atomic E-state index is -4.06. The van der Waals surface area contributed by atoms with E-state index in [0.29, 0.717) is 11.4 Å². The Labute approximate surface area is 140 Å². The molecule has 5 N–H and O–H groups in total. The lowest BCUT2D eigenvalue weighted by Crippen LogP contribution is -2.01. The Bertz CT molecular complexity index is 938. The van der Waals surface area contributed by atoms with Crippen molar-refractivity contribution in [1.82, 2.24) is 9.97 Å². The molecule has 3 aromatic rings. The molecule has 1 aromatic heterocycles. The Morgan fingerprint density at radius 2 is 1.67 bits per heavy atom. The summed E-state index contributed by atoms with van der Waals surface area (Å²) in [5, 5.41) is 0.912. The van der Waals surface area contributed by atoms with Crippen molar-refractivity contribution >= 4 is 26.8 Å². The van der Waals surface area contributed by atoms with Crippen molar-refractivity contribution in [2.75, 3.05) is 5.73 Å². The largest absolute Gasteiger partial charge is 0.412 e. The van der Waals surface area contributed by atoms with E-state index in [1.165, 1.54) is 12.4 Å². The molecule has 24 heavy (non-hydrogen) atoms. The molecule has 0 radical (unpaired) electrons.